The maximum absolute atomic E-state index is 5.64. The molecule has 1 rings (SSSR count). The highest BCUT2D eigenvalue weighted by molar-refractivity contribution is 9.10. The fraction of sp³-hybridized carbons (Fsp3) is 0.556. The number of halogens is 1. The van der Waals surface area contributed by atoms with Gasteiger partial charge in [-0.15, -0.1) is 0 Å². The van der Waals surface area contributed by atoms with Gasteiger partial charge in [-0.1, -0.05) is 0 Å². The van der Waals surface area contributed by atoms with Crippen LogP contribution in [0, 0.1) is 0 Å². The molecule has 0 radical (unpaired) electrons. The molecular weight excluding hydrogens is 258 g/mol. The maximum Gasteiger partial charge on any atom is 0.188 e. The standard InChI is InChI=1S/C9H16BrN5/c1-7(2)14-9(11)12-3-4-15-6-8(10)5-13-15/h5-7H,3-4H2,1-2H3,(H3,11,12,14). The van der Waals surface area contributed by atoms with Gasteiger partial charge in [-0.3, -0.25) is 9.67 Å². The summed E-state index contributed by atoms with van der Waals surface area (Å²) in [6.45, 7) is 5.39. The van der Waals surface area contributed by atoms with Crippen molar-refractivity contribution in [2.75, 3.05) is 6.54 Å². The van der Waals surface area contributed by atoms with Crippen LogP contribution in [-0.4, -0.2) is 28.3 Å². The van der Waals surface area contributed by atoms with Gasteiger partial charge in [0, 0.05) is 12.2 Å². The zero-order chi connectivity index (χ0) is 11.3. The lowest BCUT2D eigenvalue weighted by atomic mass is 10.4. The van der Waals surface area contributed by atoms with E-state index in [1.165, 1.54) is 0 Å². The first-order valence-electron chi connectivity index (χ1n) is 4.82. The summed E-state index contributed by atoms with van der Waals surface area (Å²) in [7, 11) is 0. The Morgan fingerprint density at radius 2 is 2.47 bits per heavy atom. The van der Waals surface area contributed by atoms with Gasteiger partial charge in [0.2, 0.25) is 0 Å². The molecule has 0 saturated heterocycles. The number of nitrogens with two attached hydrogens (primary N) is 1. The minimum absolute atomic E-state index is 0.313. The van der Waals surface area contributed by atoms with Crippen LogP contribution in [-0.2, 0) is 6.54 Å². The minimum atomic E-state index is 0.313. The summed E-state index contributed by atoms with van der Waals surface area (Å²) >= 11 is 3.33. The van der Waals surface area contributed by atoms with Gasteiger partial charge < -0.3 is 11.1 Å². The Kier molecular flexibility index (Phi) is 4.61. The number of rotatable bonds is 4. The summed E-state index contributed by atoms with van der Waals surface area (Å²) in [6, 6.07) is 0.313. The monoisotopic (exact) mass is 273 g/mol. The summed E-state index contributed by atoms with van der Waals surface area (Å²) < 4.78 is 2.79. The van der Waals surface area contributed by atoms with Gasteiger partial charge in [0.25, 0.3) is 0 Å². The van der Waals surface area contributed by atoms with Crippen LogP contribution in [0.25, 0.3) is 0 Å². The number of aromatic nitrogens is 2. The van der Waals surface area contributed by atoms with E-state index in [4.69, 9.17) is 5.73 Å². The third-order valence-electron chi connectivity index (χ3n) is 1.65. The average molecular weight is 274 g/mol. The molecule has 0 fully saturated rings. The second-order valence-corrected chi connectivity index (χ2v) is 4.40. The van der Waals surface area contributed by atoms with Crippen LogP contribution in [0.4, 0.5) is 0 Å². The second kappa shape index (κ2) is 5.75. The molecule has 0 unspecified atom stereocenters. The SMILES string of the molecule is CC(C)NC(N)=NCCn1cc(Br)cn1. The lowest BCUT2D eigenvalue weighted by Gasteiger charge is -2.08. The average Bonchev–Trinajstić information content (AvgIpc) is 2.50. The van der Waals surface area contributed by atoms with E-state index in [0.717, 1.165) is 11.0 Å². The Balaban J connectivity index is 2.32. The molecule has 1 aromatic rings. The van der Waals surface area contributed by atoms with E-state index in [1.54, 1.807) is 6.20 Å². The van der Waals surface area contributed by atoms with Crippen molar-refractivity contribution in [3.05, 3.63) is 16.9 Å². The lowest BCUT2D eigenvalue weighted by Crippen LogP contribution is -2.37. The molecular formula is C9H16BrN5. The zero-order valence-corrected chi connectivity index (χ0v) is 10.5. The fourth-order valence-corrected chi connectivity index (χ4v) is 1.40. The van der Waals surface area contributed by atoms with Gasteiger partial charge in [0.05, 0.1) is 23.8 Å². The molecule has 0 saturated carbocycles. The molecule has 6 heteroatoms. The molecule has 0 aliphatic rings. The summed E-state index contributed by atoms with van der Waals surface area (Å²) in [4.78, 5) is 4.18. The van der Waals surface area contributed by atoms with E-state index in [-0.39, 0.29) is 0 Å². The molecule has 0 spiro atoms. The number of nitrogens with zero attached hydrogens (tertiary/aromatic N) is 3. The highest BCUT2D eigenvalue weighted by atomic mass is 79.9. The van der Waals surface area contributed by atoms with Gasteiger partial charge in [-0.25, -0.2) is 0 Å². The van der Waals surface area contributed by atoms with E-state index >= 15 is 0 Å². The predicted octanol–water partition coefficient (Wildman–Crippen LogP) is 0.958. The molecule has 0 atom stereocenters. The van der Waals surface area contributed by atoms with Crippen molar-refractivity contribution in [1.29, 1.82) is 0 Å². The largest absolute Gasteiger partial charge is 0.370 e. The van der Waals surface area contributed by atoms with Gasteiger partial charge in [0.1, 0.15) is 0 Å². The number of hydrogen-bond acceptors (Lipinski definition) is 2. The molecule has 15 heavy (non-hydrogen) atoms. The van der Waals surface area contributed by atoms with Crippen molar-refractivity contribution in [3.8, 4) is 0 Å². The molecule has 1 aromatic heterocycles. The Morgan fingerprint density at radius 3 is 3.00 bits per heavy atom. The van der Waals surface area contributed by atoms with Gasteiger partial charge in [-0.05, 0) is 29.8 Å². The third-order valence-corrected chi connectivity index (χ3v) is 2.06. The Labute approximate surface area is 97.9 Å². The summed E-state index contributed by atoms with van der Waals surface area (Å²) in [5, 5.41) is 7.14. The van der Waals surface area contributed by atoms with Crippen molar-refractivity contribution in [3.63, 3.8) is 0 Å². The Morgan fingerprint density at radius 1 is 1.73 bits per heavy atom. The van der Waals surface area contributed by atoms with Crippen LogP contribution in [0.15, 0.2) is 21.9 Å². The summed E-state index contributed by atoms with van der Waals surface area (Å²) in [6.07, 6.45) is 3.65. The smallest absolute Gasteiger partial charge is 0.188 e. The first-order chi connectivity index (χ1) is 7.08. The molecule has 0 aliphatic carbocycles. The van der Waals surface area contributed by atoms with Crippen molar-refractivity contribution in [2.24, 2.45) is 10.7 Å². The molecule has 0 bridgehead atoms. The topological polar surface area (TPSA) is 68.2 Å². The number of guanidine groups is 1. The quantitative estimate of drug-likeness (QED) is 0.634. The lowest BCUT2D eigenvalue weighted by molar-refractivity contribution is 0.621. The van der Waals surface area contributed by atoms with Crippen LogP contribution < -0.4 is 11.1 Å². The van der Waals surface area contributed by atoms with E-state index in [9.17, 15) is 0 Å². The molecule has 84 valence electrons. The van der Waals surface area contributed by atoms with Crippen LogP contribution in [0.5, 0.6) is 0 Å². The normalized spacial score (nSPS) is 12.1. The van der Waals surface area contributed by atoms with Gasteiger partial charge in [0.15, 0.2) is 5.96 Å². The third kappa shape index (κ3) is 4.83. The molecule has 0 aromatic carbocycles. The highest BCUT2D eigenvalue weighted by Gasteiger charge is 1.96. The van der Waals surface area contributed by atoms with Crippen molar-refractivity contribution in [2.45, 2.75) is 26.4 Å². The van der Waals surface area contributed by atoms with Crippen LogP contribution in [0.3, 0.4) is 0 Å². The molecule has 5 nitrogen and oxygen atoms in total. The van der Waals surface area contributed by atoms with Crippen molar-refractivity contribution >= 4 is 21.9 Å². The predicted molar refractivity (Wildman–Crippen MR) is 64.7 cm³/mol. The van der Waals surface area contributed by atoms with Gasteiger partial charge in [-0.2, -0.15) is 5.10 Å². The number of aliphatic imine (C=N–C) groups is 1. The molecule has 0 aliphatic heterocycles. The van der Waals surface area contributed by atoms with Crippen LogP contribution in [0.2, 0.25) is 0 Å². The molecule has 3 N–H and O–H groups in total. The van der Waals surface area contributed by atoms with Crippen LogP contribution >= 0.6 is 15.9 Å². The summed E-state index contributed by atoms with van der Waals surface area (Å²) in [5.74, 6) is 0.483. The van der Waals surface area contributed by atoms with E-state index in [2.05, 4.69) is 31.3 Å². The Hall–Kier alpha value is -1.04. The fourth-order valence-electron chi connectivity index (χ4n) is 1.07. The van der Waals surface area contributed by atoms with Gasteiger partial charge >= 0.3 is 0 Å². The first-order valence-corrected chi connectivity index (χ1v) is 5.61. The minimum Gasteiger partial charge on any atom is -0.370 e. The second-order valence-electron chi connectivity index (χ2n) is 3.49. The Bertz CT molecular complexity index is 331. The number of nitrogens with one attached hydrogen (secondary N) is 1. The van der Waals surface area contributed by atoms with Crippen molar-refractivity contribution < 1.29 is 0 Å². The zero-order valence-electron chi connectivity index (χ0n) is 8.94. The highest BCUT2D eigenvalue weighted by Crippen LogP contribution is 2.05. The summed E-state index contributed by atoms with van der Waals surface area (Å²) in [5.41, 5.74) is 5.64. The first kappa shape index (κ1) is 12.0. The number of hydrogen-bond donors (Lipinski definition) is 2. The molecule has 0 amide bonds. The van der Waals surface area contributed by atoms with Crippen LogP contribution in [0.1, 0.15) is 13.8 Å². The van der Waals surface area contributed by atoms with Crippen molar-refractivity contribution in [1.82, 2.24) is 15.1 Å². The van der Waals surface area contributed by atoms with E-state index in [0.29, 0.717) is 18.5 Å². The van der Waals surface area contributed by atoms with E-state index in [1.807, 2.05) is 24.7 Å². The maximum atomic E-state index is 5.64. The van der Waals surface area contributed by atoms with E-state index < -0.39 is 0 Å². The molecule has 1 heterocycles.